The summed E-state index contributed by atoms with van der Waals surface area (Å²) in [6.07, 6.45) is 1.79. The molecule has 0 fully saturated rings. The van der Waals surface area contributed by atoms with Crippen LogP contribution in [0.3, 0.4) is 0 Å². The van der Waals surface area contributed by atoms with Crippen LogP contribution in [0, 0.1) is 0 Å². The molecule has 0 unspecified atom stereocenters. The zero-order chi connectivity index (χ0) is 9.80. The number of hydrogen-bond donors (Lipinski definition) is 1. The Balaban J connectivity index is 0.00000112. The highest BCUT2D eigenvalue weighted by atomic mass is 35.5. The minimum atomic E-state index is 0. The normalized spacial score (nSPS) is 8.81. The van der Waals surface area contributed by atoms with Crippen LogP contribution in [0.4, 0.5) is 0 Å². The molecule has 1 aromatic carbocycles. The highest BCUT2D eigenvalue weighted by molar-refractivity contribution is 5.85. The van der Waals surface area contributed by atoms with E-state index < -0.39 is 0 Å². The number of halogens is 2. The van der Waals surface area contributed by atoms with Gasteiger partial charge in [-0.1, -0.05) is 30.3 Å². The monoisotopic (exact) mass is 256 g/mol. The topological polar surface area (TPSA) is 38.9 Å². The molecule has 2 N–H and O–H groups in total. The van der Waals surface area contributed by atoms with Gasteiger partial charge in [-0.15, -0.1) is 24.8 Å². The summed E-state index contributed by atoms with van der Waals surface area (Å²) in [5.41, 5.74) is 8.89. The summed E-state index contributed by atoms with van der Waals surface area (Å²) in [5, 5.41) is 0. The summed E-state index contributed by atoms with van der Waals surface area (Å²) < 4.78 is 0. The van der Waals surface area contributed by atoms with E-state index in [1.165, 1.54) is 0 Å². The third-order valence-corrected chi connectivity index (χ3v) is 2.18. The molecule has 0 spiro atoms. The molecule has 1 heterocycles. The van der Waals surface area contributed by atoms with Gasteiger partial charge in [-0.05, 0) is 17.7 Å². The molecule has 2 rings (SSSR count). The summed E-state index contributed by atoms with van der Waals surface area (Å²) in [7, 11) is 0. The van der Waals surface area contributed by atoms with E-state index >= 15 is 0 Å². The third-order valence-electron chi connectivity index (χ3n) is 2.18. The molecule has 0 bridgehead atoms. The fourth-order valence-electron chi connectivity index (χ4n) is 1.47. The van der Waals surface area contributed by atoms with Gasteiger partial charge in [0, 0.05) is 18.3 Å². The molecule has 0 radical (unpaired) electrons. The van der Waals surface area contributed by atoms with Gasteiger partial charge in [0.25, 0.3) is 0 Å². The molecule has 0 aliphatic heterocycles. The first kappa shape index (κ1) is 14.9. The van der Waals surface area contributed by atoms with E-state index in [4.69, 9.17) is 5.73 Å². The van der Waals surface area contributed by atoms with Gasteiger partial charge < -0.3 is 5.73 Å². The Bertz CT molecular complexity index is 418. The average Bonchev–Trinajstić information content (AvgIpc) is 2.30. The largest absolute Gasteiger partial charge is 0.326 e. The fourth-order valence-corrected chi connectivity index (χ4v) is 1.47. The number of nitrogens with zero attached hydrogens (tertiary/aromatic N) is 1. The number of benzene rings is 1. The maximum absolute atomic E-state index is 5.66. The minimum absolute atomic E-state index is 0. The molecular formula is C12H14Cl2N2. The van der Waals surface area contributed by atoms with Crippen LogP contribution >= 0.6 is 24.8 Å². The molecule has 1 aromatic heterocycles. The lowest BCUT2D eigenvalue weighted by molar-refractivity contribution is 1.07. The first-order chi connectivity index (χ1) is 6.92. The van der Waals surface area contributed by atoms with Crippen molar-refractivity contribution in [1.29, 1.82) is 0 Å². The molecular weight excluding hydrogens is 243 g/mol. The zero-order valence-electron chi connectivity index (χ0n) is 8.67. The van der Waals surface area contributed by atoms with Crippen LogP contribution in [-0.4, -0.2) is 4.98 Å². The number of nitrogens with two attached hydrogens (primary N) is 1. The van der Waals surface area contributed by atoms with E-state index in [0.29, 0.717) is 6.54 Å². The summed E-state index contributed by atoms with van der Waals surface area (Å²) in [6.45, 7) is 0.548. The number of rotatable bonds is 2. The van der Waals surface area contributed by atoms with Crippen molar-refractivity contribution in [2.24, 2.45) is 5.73 Å². The van der Waals surface area contributed by atoms with E-state index in [1.54, 1.807) is 6.20 Å². The van der Waals surface area contributed by atoms with Crippen molar-refractivity contribution in [3.05, 3.63) is 54.2 Å². The maximum Gasteiger partial charge on any atom is 0.0705 e. The zero-order valence-corrected chi connectivity index (χ0v) is 10.3. The summed E-state index contributed by atoms with van der Waals surface area (Å²) in [6, 6.07) is 14.0. The molecule has 2 aromatic rings. The van der Waals surface area contributed by atoms with Crippen LogP contribution < -0.4 is 5.73 Å². The number of pyridine rings is 1. The summed E-state index contributed by atoms with van der Waals surface area (Å²) in [5.74, 6) is 0. The van der Waals surface area contributed by atoms with Crippen molar-refractivity contribution in [2.45, 2.75) is 6.54 Å². The molecule has 0 saturated heterocycles. The first-order valence-corrected chi connectivity index (χ1v) is 4.61. The molecule has 0 atom stereocenters. The van der Waals surface area contributed by atoms with Crippen molar-refractivity contribution in [2.75, 3.05) is 0 Å². The average molecular weight is 257 g/mol. The van der Waals surface area contributed by atoms with Crippen LogP contribution in [0.25, 0.3) is 11.3 Å². The Morgan fingerprint density at radius 2 is 1.62 bits per heavy atom. The molecule has 0 amide bonds. The Morgan fingerprint density at radius 1 is 0.938 bits per heavy atom. The van der Waals surface area contributed by atoms with E-state index in [9.17, 15) is 0 Å². The lowest BCUT2D eigenvalue weighted by Crippen LogP contribution is -1.99. The van der Waals surface area contributed by atoms with Crippen LogP contribution in [0.5, 0.6) is 0 Å². The standard InChI is InChI=1S/C12H12N2.2ClH/c13-9-10-5-1-2-6-11(10)12-7-3-4-8-14-12;;/h1-8H,9,13H2;2*1H. The van der Waals surface area contributed by atoms with Gasteiger partial charge in [-0.25, -0.2) is 0 Å². The third kappa shape index (κ3) is 3.20. The maximum atomic E-state index is 5.66. The van der Waals surface area contributed by atoms with Crippen molar-refractivity contribution in [3.8, 4) is 11.3 Å². The van der Waals surface area contributed by atoms with Crippen molar-refractivity contribution in [3.63, 3.8) is 0 Å². The number of aromatic nitrogens is 1. The van der Waals surface area contributed by atoms with Crippen molar-refractivity contribution >= 4 is 24.8 Å². The molecule has 16 heavy (non-hydrogen) atoms. The van der Waals surface area contributed by atoms with Gasteiger partial charge in [0.2, 0.25) is 0 Å². The Labute approximate surface area is 108 Å². The van der Waals surface area contributed by atoms with E-state index in [2.05, 4.69) is 4.98 Å². The van der Waals surface area contributed by atoms with Crippen LogP contribution in [-0.2, 0) is 6.54 Å². The second kappa shape index (κ2) is 7.23. The molecule has 86 valence electrons. The van der Waals surface area contributed by atoms with Gasteiger partial charge in [0.15, 0.2) is 0 Å². The van der Waals surface area contributed by atoms with Gasteiger partial charge in [0.05, 0.1) is 5.69 Å². The highest BCUT2D eigenvalue weighted by Crippen LogP contribution is 2.20. The summed E-state index contributed by atoms with van der Waals surface area (Å²) >= 11 is 0. The minimum Gasteiger partial charge on any atom is -0.326 e. The smallest absolute Gasteiger partial charge is 0.0705 e. The van der Waals surface area contributed by atoms with Crippen LogP contribution in [0.15, 0.2) is 48.7 Å². The predicted octanol–water partition coefficient (Wildman–Crippen LogP) is 3.05. The van der Waals surface area contributed by atoms with E-state index in [1.807, 2.05) is 42.5 Å². The molecule has 4 heteroatoms. The molecule has 0 saturated carbocycles. The van der Waals surface area contributed by atoms with Crippen molar-refractivity contribution < 1.29 is 0 Å². The predicted molar refractivity (Wildman–Crippen MR) is 72.1 cm³/mol. The van der Waals surface area contributed by atoms with Gasteiger partial charge in [-0.2, -0.15) is 0 Å². The lowest BCUT2D eigenvalue weighted by Gasteiger charge is -2.05. The van der Waals surface area contributed by atoms with Gasteiger partial charge in [-0.3, -0.25) is 4.98 Å². The van der Waals surface area contributed by atoms with Gasteiger partial charge >= 0.3 is 0 Å². The van der Waals surface area contributed by atoms with E-state index in [-0.39, 0.29) is 24.8 Å². The van der Waals surface area contributed by atoms with E-state index in [0.717, 1.165) is 16.8 Å². The number of hydrogen-bond acceptors (Lipinski definition) is 2. The van der Waals surface area contributed by atoms with Crippen molar-refractivity contribution in [1.82, 2.24) is 4.98 Å². The Morgan fingerprint density at radius 3 is 2.25 bits per heavy atom. The second-order valence-electron chi connectivity index (χ2n) is 3.08. The SMILES string of the molecule is Cl.Cl.NCc1ccccc1-c1ccccn1. The summed E-state index contributed by atoms with van der Waals surface area (Å²) in [4.78, 5) is 4.30. The van der Waals surface area contributed by atoms with Crippen LogP contribution in [0.2, 0.25) is 0 Å². The fraction of sp³-hybridized carbons (Fsp3) is 0.0833. The quantitative estimate of drug-likeness (QED) is 0.898. The Hall–Kier alpha value is -1.09. The molecule has 2 nitrogen and oxygen atoms in total. The molecule has 0 aliphatic rings. The van der Waals surface area contributed by atoms with Crippen LogP contribution in [0.1, 0.15) is 5.56 Å². The first-order valence-electron chi connectivity index (χ1n) is 4.61. The highest BCUT2D eigenvalue weighted by Gasteiger charge is 2.02. The lowest BCUT2D eigenvalue weighted by atomic mass is 10.0. The molecule has 0 aliphatic carbocycles. The van der Waals surface area contributed by atoms with Gasteiger partial charge in [0.1, 0.15) is 0 Å². The Kier molecular flexibility index (Phi) is 6.74. The second-order valence-corrected chi connectivity index (χ2v) is 3.08.